The molecule has 18 heavy (non-hydrogen) atoms. The van der Waals surface area contributed by atoms with Gasteiger partial charge >= 0.3 is 0 Å². The summed E-state index contributed by atoms with van der Waals surface area (Å²) < 4.78 is 0. The second kappa shape index (κ2) is 6.38. The van der Waals surface area contributed by atoms with Crippen LogP contribution in [0.5, 0.6) is 0 Å². The van der Waals surface area contributed by atoms with E-state index in [-0.39, 0.29) is 6.04 Å². The van der Waals surface area contributed by atoms with E-state index in [9.17, 15) is 0 Å². The highest BCUT2D eigenvalue weighted by atomic mass is 14.6. The molecule has 0 amide bonds. The first-order chi connectivity index (χ1) is 8.65. The molecule has 1 atom stereocenters. The average Bonchev–Trinajstić information content (AvgIpc) is 2.56. The van der Waals surface area contributed by atoms with Gasteiger partial charge in [-0.1, -0.05) is 67.9 Å². The fraction of sp³-hybridized carbons (Fsp3) is 0.647. The fourth-order valence-electron chi connectivity index (χ4n) is 3.32. The standard InChI is InChI=1S/C17H27N/c1-13-9-14(2)11-16(10-13)17(18)12-15-7-5-3-4-6-8-15/h9-11,15,17H,3-8,12,18H2,1-2H3. The van der Waals surface area contributed by atoms with E-state index < -0.39 is 0 Å². The molecular formula is C17H27N. The van der Waals surface area contributed by atoms with Gasteiger partial charge in [0.1, 0.15) is 0 Å². The Kier molecular flexibility index (Phi) is 4.82. The smallest absolute Gasteiger partial charge is 0.0297 e. The molecule has 2 rings (SSSR count). The summed E-state index contributed by atoms with van der Waals surface area (Å²) in [4.78, 5) is 0. The second-order valence-electron chi connectivity index (χ2n) is 6.12. The minimum absolute atomic E-state index is 0.228. The Morgan fingerprint density at radius 1 is 1.00 bits per heavy atom. The molecule has 1 nitrogen and oxygen atoms in total. The molecule has 1 heteroatoms. The third-order valence-electron chi connectivity index (χ3n) is 4.23. The summed E-state index contributed by atoms with van der Waals surface area (Å²) in [7, 11) is 0. The van der Waals surface area contributed by atoms with Crippen molar-refractivity contribution >= 4 is 0 Å². The molecule has 0 heterocycles. The Bertz CT molecular complexity index is 355. The molecule has 0 aromatic heterocycles. The summed E-state index contributed by atoms with van der Waals surface area (Å²) in [6.45, 7) is 4.32. The molecule has 1 fully saturated rings. The van der Waals surface area contributed by atoms with Crippen LogP contribution in [0.1, 0.15) is 67.7 Å². The van der Waals surface area contributed by atoms with Crippen molar-refractivity contribution < 1.29 is 0 Å². The Labute approximate surface area is 112 Å². The fourth-order valence-corrected chi connectivity index (χ4v) is 3.32. The van der Waals surface area contributed by atoms with Crippen molar-refractivity contribution in [2.45, 2.75) is 64.8 Å². The first kappa shape index (κ1) is 13.6. The van der Waals surface area contributed by atoms with E-state index in [4.69, 9.17) is 5.73 Å². The van der Waals surface area contributed by atoms with Gasteiger partial charge in [-0.05, 0) is 31.7 Å². The molecule has 1 unspecified atom stereocenters. The summed E-state index contributed by atoms with van der Waals surface area (Å²) in [6, 6.07) is 6.97. The summed E-state index contributed by atoms with van der Waals surface area (Å²) in [6.07, 6.45) is 9.61. The van der Waals surface area contributed by atoms with Crippen molar-refractivity contribution in [3.05, 3.63) is 34.9 Å². The lowest BCUT2D eigenvalue weighted by Gasteiger charge is -2.20. The maximum absolute atomic E-state index is 6.41. The van der Waals surface area contributed by atoms with E-state index in [1.54, 1.807) is 0 Å². The van der Waals surface area contributed by atoms with Crippen molar-refractivity contribution in [2.75, 3.05) is 0 Å². The van der Waals surface area contributed by atoms with Gasteiger partial charge in [-0.15, -0.1) is 0 Å². The lowest BCUT2D eigenvalue weighted by molar-refractivity contribution is 0.393. The summed E-state index contributed by atoms with van der Waals surface area (Å²) in [5.74, 6) is 0.850. The highest BCUT2D eigenvalue weighted by molar-refractivity contribution is 5.30. The van der Waals surface area contributed by atoms with Gasteiger partial charge in [0.05, 0.1) is 0 Å². The third-order valence-corrected chi connectivity index (χ3v) is 4.23. The van der Waals surface area contributed by atoms with E-state index in [1.165, 1.54) is 61.6 Å². The molecule has 1 aliphatic carbocycles. The molecule has 0 aliphatic heterocycles. The molecule has 2 N–H and O–H groups in total. The van der Waals surface area contributed by atoms with E-state index in [0.717, 1.165) is 5.92 Å². The molecule has 1 aromatic rings. The van der Waals surface area contributed by atoms with Gasteiger partial charge in [-0.3, -0.25) is 0 Å². The highest BCUT2D eigenvalue weighted by Crippen LogP contribution is 2.30. The van der Waals surface area contributed by atoms with Gasteiger partial charge in [0.25, 0.3) is 0 Å². The highest BCUT2D eigenvalue weighted by Gasteiger charge is 2.17. The van der Waals surface area contributed by atoms with Crippen molar-refractivity contribution in [3.8, 4) is 0 Å². The molecule has 0 radical (unpaired) electrons. The Hall–Kier alpha value is -0.820. The number of nitrogens with two attached hydrogens (primary N) is 1. The maximum Gasteiger partial charge on any atom is 0.0297 e. The number of benzene rings is 1. The first-order valence-corrected chi connectivity index (χ1v) is 7.49. The van der Waals surface area contributed by atoms with Gasteiger partial charge in [0.15, 0.2) is 0 Å². The third kappa shape index (κ3) is 3.84. The lowest BCUT2D eigenvalue weighted by atomic mass is 9.89. The molecule has 1 saturated carbocycles. The lowest BCUT2D eigenvalue weighted by Crippen LogP contribution is -2.15. The Balaban J connectivity index is 1.99. The minimum Gasteiger partial charge on any atom is -0.324 e. The molecular weight excluding hydrogens is 218 g/mol. The predicted molar refractivity (Wildman–Crippen MR) is 78.7 cm³/mol. The van der Waals surface area contributed by atoms with Gasteiger partial charge in [0.2, 0.25) is 0 Å². The van der Waals surface area contributed by atoms with Crippen LogP contribution in [0.25, 0.3) is 0 Å². The number of rotatable bonds is 3. The molecule has 1 aromatic carbocycles. The van der Waals surface area contributed by atoms with E-state index in [0.29, 0.717) is 0 Å². The van der Waals surface area contributed by atoms with E-state index in [1.807, 2.05) is 0 Å². The number of hydrogen-bond donors (Lipinski definition) is 1. The van der Waals surface area contributed by atoms with Crippen molar-refractivity contribution in [2.24, 2.45) is 11.7 Å². The van der Waals surface area contributed by atoms with Crippen LogP contribution in [-0.2, 0) is 0 Å². The normalized spacial score (nSPS) is 19.5. The van der Waals surface area contributed by atoms with Crippen molar-refractivity contribution in [1.82, 2.24) is 0 Å². The topological polar surface area (TPSA) is 26.0 Å². The van der Waals surface area contributed by atoms with E-state index >= 15 is 0 Å². The van der Waals surface area contributed by atoms with Crippen LogP contribution in [0.15, 0.2) is 18.2 Å². The number of hydrogen-bond acceptors (Lipinski definition) is 1. The van der Waals surface area contributed by atoms with Gasteiger partial charge < -0.3 is 5.73 Å². The van der Waals surface area contributed by atoms with Gasteiger partial charge in [0, 0.05) is 6.04 Å². The maximum atomic E-state index is 6.41. The monoisotopic (exact) mass is 245 g/mol. The van der Waals surface area contributed by atoms with Crippen LogP contribution in [0, 0.1) is 19.8 Å². The Morgan fingerprint density at radius 3 is 2.11 bits per heavy atom. The summed E-state index contributed by atoms with van der Waals surface area (Å²) in [5.41, 5.74) is 10.4. The van der Waals surface area contributed by atoms with E-state index in [2.05, 4.69) is 32.0 Å². The zero-order valence-corrected chi connectivity index (χ0v) is 11.9. The van der Waals surface area contributed by atoms with Crippen molar-refractivity contribution in [3.63, 3.8) is 0 Å². The zero-order valence-electron chi connectivity index (χ0n) is 11.9. The molecule has 100 valence electrons. The molecule has 0 saturated heterocycles. The first-order valence-electron chi connectivity index (χ1n) is 7.49. The molecule has 0 bridgehead atoms. The van der Waals surface area contributed by atoms with Gasteiger partial charge in [-0.25, -0.2) is 0 Å². The van der Waals surface area contributed by atoms with Gasteiger partial charge in [-0.2, -0.15) is 0 Å². The van der Waals surface area contributed by atoms with Crippen LogP contribution < -0.4 is 5.73 Å². The van der Waals surface area contributed by atoms with Crippen LogP contribution in [0.3, 0.4) is 0 Å². The second-order valence-corrected chi connectivity index (χ2v) is 6.12. The van der Waals surface area contributed by atoms with Crippen LogP contribution in [0.4, 0.5) is 0 Å². The summed E-state index contributed by atoms with van der Waals surface area (Å²) in [5, 5.41) is 0. The molecule has 1 aliphatic rings. The molecule has 0 spiro atoms. The minimum atomic E-state index is 0.228. The largest absolute Gasteiger partial charge is 0.324 e. The van der Waals surface area contributed by atoms with Crippen LogP contribution in [-0.4, -0.2) is 0 Å². The Morgan fingerprint density at radius 2 is 1.56 bits per heavy atom. The van der Waals surface area contributed by atoms with Crippen molar-refractivity contribution in [1.29, 1.82) is 0 Å². The van der Waals surface area contributed by atoms with Crippen LogP contribution >= 0.6 is 0 Å². The SMILES string of the molecule is Cc1cc(C)cc(C(N)CC2CCCCCC2)c1. The average molecular weight is 245 g/mol. The summed E-state index contributed by atoms with van der Waals surface area (Å²) >= 11 is 0. The zero-order chi connectivity index (χ0) is 13.0. The predicted octanol–water partition coefficient (Wildman–Crippen LogP) is 4.66. The van der Waals surface area contributed by atoms with Crippen LogP contribution in [0.2, 0.25) is 0 Å². The number of aryl methyl sites for hydroxylation is 2. The quantitative estimate of drug-likeness (QED) is 0.770.